The average molecular weight is 428 g/mol. The van der Waals surface area contributed by atoms with E-state index in [9.17, 15) is 8.78 Å². The number of nitrogens with zero attached hydrogens (tertiary/aromatic N) is 4. The molecule has 0 saturated heterocycles. The molecule has 0 fully saturated rings. The molecule has 158 valence electrons. The molecular weight excluding hydrogens is 410 g/mol. The zero-order valence-electron chi connectivity index (χ0n) is 16.8. The number of hydrogen-bond acceptors (Lipinski definition) is 5. The van der Waals surface area contributed by atoms with E-state index in [4.69, 9.17) is 5.73 Å². The third-order valence-corrected chi connectivity index (χ3v) is 5.05. The monoisotopic (exact) mass is 428 g/mol. The maximum Gasteiger partial charge on any atom is 0.225 e. The van der Waals surface area contributed by atoms with Crippen molar-refractivity contribution in [2.45, 2.75) is 6.54 Å². The lowest BCUT2D eigenvalue weighted by molar-refractivity contribution is 0.627. The summed E-state index contributed by atoms with van der Waals surface area (Å²) in [5, 5.41) is 8.28. The van der Waals surface area contributed by atoms with E-state index in [0.717, 1.165) is 5.56 Å². The van der Waals surface area contributed by atoms with E-state index in [-0.39, 0.29) is 11.6 Å². The first-order valence-corrected chi connectivity index (χ1v) is 9.94. The van der Waals surface area contributed by atoms with Crippen molar-refractivity contribution in [3.63, 3.8) is 0 Å². The van der Waals surface area contributed by atoms with Gasteiger partial charge in [-0.15, -0.1) is 5.10 Å². The molecule has 3 N–H and O–H groups in total. The van der Waals surface area contributed by atoms with Gasteiger partial charge in [0.1, 0.15) is 17.5 Å². The largest absolute Gasteiger partial charge is 0.383 e. The van der Waals surface area contributed by atoms with Crippen LogP contribution in [0.15, 0.2) is 78.9 Å². The Bertz CT molecular complexity index is 1380. The van der Waals surface area contributed by atoms with Crippen molar-refractivity contribution >= 4 is 22.8 Å². The fourth-order valence-corrected chi connectivity index (χ4v) is 3.46. The molecule has 0 aliphatic heterocycles. The van der Waals surface area contributed by atoms with Crippen LogP contribution in [0.25, 0.3) is 28.0 Å². The summed E-state index contributed by atoms with van der Waals surface area (Å²) in [6.07, 6.45) is 0. The Balaban J connectivity index is 1.64. The third kappa shape index (κ3) is 3.74. The predicted octanol–water partition coefficient (Wildman–Crippen LogP) is 4.96. The number of nitrogen functional groups attached to an aromatic ring is 1. The van der Waals surface area contributed by atoms with Crippen LogP contribution < -0.4 is 11.1 Å². The van der Waals surface area contributed by atoms with E-state index in [2.05, 4.69) is 20.4 Å². The van der Waals surface area contributed by atoms with Crippen LogP contribution in [0, 0.1) is 11.6 Å². The molecule has 0 unspecified atom stereocenters. The van der Waals surface area contributed by atoms with Crippen LogP contribution in [0.2, 0.25) is 0 Å². The van der Waals surface area contributed by atoms with Crippen LogP contribution in [-0.2, 0) is 6.54 Å². The van der Waals surface area contributed by atoms with Crippen molar-refractivity contribution in [2.24, 2.45) is 0 Å². The van der Waals surface area contributed by atoms with E-state index < -0.39 is 0 Å². The first kappa shape index (κ1) is 19.6. The lowest BCUT2D eigenvalue weighted by atomic mass is 10.1. The highest BCUT2D eigenvalue weighted by Crippen LogP contribution is 2.33. The number of benzene rings is 3. The van der Waals surface area contributed by atoms with Crippen molar-refractivity contribution in [3.8, 4) is 16.9 Å². The second-order valence-electron chi connectivity index (χ2n) is 7.21. The molecule has 0 bridgehead atoms. The summed E-state index contributed by atoms with van der Waals surface area (Å²) in [6, 6.07) is 21.7. The van der Waals surface area contributed by atoms with Gasteiger partial charge < -0.3 is 11.1 Å². The minimum atomic E-state index is -0.358. The summed E-state index contributed by atoms with van der Waals surface area (Å²) < 4.78 is 28.4. The molecule has 0 aliphatic rings. The van der Waals surface area contributed by atoms with E-state index in [1.54, 1.807) is 24.3 Å². The summed E-state index contributed by atoms with van der Waals surface area (Å²) in [6.45, 7) is 0.517. The number of fused-ring (bicyclic) bond motifs is 1. The molecule has 2 aromatic heterocycles. The van der Waals surface area contributed by atoms with Gasteiger partial charge >= 0.3 is 0 Å². The average Bonchev–Trinajstić information content (AvgIpc) is 3.15. The fraction of sp³-hybridized carbons (Fsp3) is 0.0417. The summed E-state index contributed by atoms with van der Waals surface area (Å²) in [5.41, 5.74) is 9.65. The Morgan fingerprint density at radius 2 is 1.47 bits per heavy atom. The Kier molecular flexibility index (Phi) is 4.95. The normalized spacial score (nSPS) is 11.1. The van der Waals surface area contributed by atoms with Crippen LogP contribution in [-0.4, -0.2) is 19.7 Å². The van der Waals surface area contributed by atoms with Gasteiger partial charge in [0.2, 0.25) is 5.95 Å². The molecule has 0 amide bonds. The quantitative estimate of drug-likeness (QED) is 0.414. The van der Waals surface area contributed by atoms with Crippen LogP contribution in [0.1, 0.15) is 5.56 Å². The van der Waals surface area contributed by atoms with Crippen LogP contribution in [0.3, 0.4) is 0 Å². The highest BCUT2D eigenvalue weighted by Gasteiger charge is 2.19. The summed E-state index contributed by atoms with van der Waals surface area (Å²) in [4.78, 5) is 9.20. The molecule has 2 heterocycles. The van der Waals surface area contributed by atoms with Crippen molar-refractivity contribution in [3.05, 3.63) is 96.1 Å². The van der Waals surface area contributed by atoms with Crippen LogP contribution in [0.4, 0.5) is 20.5 Å². The molecule has 0 atom stereocenters. The van der Waals surface area contributed by atoms with E-state index in [1.165, 1.54) is 28.9 Å². The molecule has 0 radical (unpaired) electrons. The van der Waals surface area contributed by atoms with Gasteiger partial charge in [-0.25, -0.2) is 18.4 Å². The molecular formula is C24H18F2N6. The SMILES string of the molecule is Nc1c2c(-c3ccc(F)cc3)nc(NCc3ccccc3)nc2nn1-c1ccc(F)cc1. The number of nitrogens with one attached hydrogen (secondary N) is 1. The topological polar surface area (TPSA) is 81.7 Å². The zero-order chi connectivity index (χ0) is 22.1. The Labute approximate surface area is 182 Å². The molecule has 8 heteroatoms. The van der Waals surface area contributed by atoms with Crippen molar-refractivity contribution in [1.82, 2.24) is 19.7 Å². The van der Waals surface area contributed by atoms with E-state index in [1.807, 2.05) is 30.3 Å². The molecule has 3 aromatic carbocycles. The minimum Gasteiger partial charge on any atom is -0.383 e. The second-order valence-corrected chi connectivity index (χ2v) is 7.21. The summed E-state index contributed by atoms with van der Waals surface area (Å²) >= 11 is 0. The van der Waals surface area contributed by atoms with Crippen LogP contribution in [0.5, 0.6) is 0 Å². The van der Waals surface area contributed by atoms with Crippen molar-refractivity contribution in [1.29, 1.82) is 0 Å². The highest BCUT2D eigenvalue weighted by molar-refractivity contribution is 5.99. The molecule has 32 heavy (non-hydrogen) atoms. The Morgan fingerprint density at radius 1 is 0.812 bits per heavy atom. The molecule has 0 spiro atoms. The van der Waals surface area contributed by atoms with Gasteiger partial charge in [0, 0.05) is 12.1 Å². The van der Waals surface area contributed by atoms with Gasteiger partial charge in [-0.05, 0) is 54.1 Å². The van der Waals surface area contributed by atoms with Gasteiger partial charge in [-0.2, -0.15) is 4.98 Å². The maximum absolute atomic E-state index is 13.5. The van der Waals surface area contributed by atoms with E-state index in [0.29, 0.717) is 46.3 Å². The smallest absolute Gasteiger partial charge is 0.225 e. The van der Waals surface area contributed by atoms with Crippen molar-refractivity contribution < 1.29 is 8.78 Å². The third-order valence-electron chi connectivity index (χ3n) is 5.05. The van der Waals surface area contributed by atoms with Crippen LogP contribution >= 0.6 is 0 Å². The number of nitrogens with two attached hydrogens (primary N) is 1. The summed E-state index contributed by atoms with van der Waals surface area (Å²) in [7, 11) is 0. The lowest BCUT2D eigenvalue weighted by Crippen LogP contribution is -2.05. The summed E-state index contributed by atoms with van der Waals surface area (Å²) in [5.74, 6) is -0.0374. The first-order valence-electron chi connectivity index (χ1n) is 9.94. The number of halogens is 2. The van der Waals surface area contributed by atoms with Gasteiger partial charge in [-0.1, -0.05) is 30.3 Å². The van der Waals surface area contributed by atoms with E-state index >= 15 is 0 Å². The molecule has 0 saturated carbocycles. The van der Waals surface area contributed by atoms with Gasteiger partial charge in [0.05, 0.1) is 16.8 Å². The molecule has 6 nitrogen and oxygen atoms in total. The fourth-order valence-electron chi connectivity index (χ4n) is 3.46. The lowest BCUT2D eigenvalue weighted by Gasteiger charge is -2.09. The standard InChI is InChI=1S/C24H18F2N6/c25-17-8-6-16(7-9-17)21-20-22(27)32(19-12-10-18(26)11-13-19)31-23(20)30-24(29-21)28-14-15-4-2-1-3-5-15/h1-13H,14,27H2,(H,28,30,31). The zero-order valence-corrected chi connectivity index (χ0v) is 16.8. The Morgan fingerprint density at radius 3 is 2.16 bits per heavy atom. The highest BCUT2D eigenvalue weighted by atomic mass is 19.1. The van der Waals surface area contributed by atoms with Crippen molar-refractivity contribution in [2.75, 3.05) is 11.1 Å². The number of rotatable bonds is 5. The number of hydrogen-bond donors (Lipinski definition) is 2. The van der Waals surface area contributed by atoms with Gasteiger partial charge in [0.15, 0.2) is 5.65 Å². The molecule has 0 aliphatic carbocycles. The Hall–Kier alpha value is -4.33. The predicted molar refractivity (Wildman–Crippen MR) is 120 cm³/mol. The van der Waals surface area contributed by atoms with Gasteiger partial charge in [-0.3, -0.25) is 0 Å². The second kappa shape index (κ2) is 8.07. The molecule has 5 rings (SSSR count). The first-order chi connectivity index (χ1) is 15.6. The van der Waals surface area contributed by atoms with Gasteiger partial charge in [0.25, 0.3) is 0 Å². The number of aromatic nitrogens is 4. The maximum atomic E-state index is 13.5. The minimum absolute atomic E-state index is 0.306. The number of anilines is 2. The molecule has 5 aromatic rings.